The van der Waals surface area contributed by atoms with Gasteiger partial charge in [-0.15, -0.1) is 0 Å². The van der Waals surface area contributed by atoms with Crippen molar-refractivity contribution in [2.45, 2.75) is 20.3 Å². The first-order chi connectivity index (χ1) is 8.44. The number of benzene rings is 1. The van der Waals surface area contributed by atoms with E-state index in [1.54, 1.807) is 19.1 Å². The van der Waals surface area contributed by atoms with Crippen molar-refractivity contribution in [1.29, 1.82) is 0 Å². The Hall–Kier alpha value is -1.14. The summed E-state index contributed by atoms with van der Waals surface area (Å²) in [6.45, 7) is 4.81. The third-order valence-corrected chi connectivity index (χ3v) is 3.71. The van der Waals surface area contributed by atoms with Gasteiger partial charge in [-0.25, -0.2) is 12.8 Å². The Morgan fingerprint density at radius 2 is 2.00 bits per heavy atom. The van der Waals surface area contributed by atoms with Crippen LogP contribution in [0.1, 0.15) is 18.9 Å². The van der Waals surface area contributed by atoms with Crippen LogP contribution in [0.4, 0.5) is 10.1 Å². The van der Waals surface area contributed by atoms with E-state index in [9.17, 15) is 12.8 Å². The molecule has 4 nitrogen and oxygen atoms in total. The number of aryl methyl sites for hydroxylation is 1. The van der Waals surface area contributed by atoms with Crippen molar-refractivity contribution in [3.8, 4) is 0 Å². The number of anilines is 1. The van der Waals surface area contributed by atoms with E-state index < -0.39 is 15.8 Å². The lowest BCUT2D eigenvalue weighted by Gasteiger charge is -2.09. The van der Waals surface area contributed by atoms with Crippen molar-refractivity contribution in [1.82, 2.24) is 5.32 Å². The second kappa shape index (κ2) is 6.70. The van der Waals surface area contributed by atoms with E-state index in [4.69, 9.17) is 0 Å². The highest BCUT2D eigenvalue weighted by atomic mass is 32.2. The predicted molar refractivity (Wildman–Crippen MR) is 71.7 cm³/mol. The summed E-state index contributed by atoms with van der Waals surface area (Å²) in [5.74, 6) is -0.443. The molecule has 6 heteroatoms. The van der Waals surface area contributed by atoms with Crippen LogP contribution in [-0.2, 0) is 10.0 Å². The normalized spacial score (nSPS) is 11.5. The Kier molecular flexibility index (Phi) is 5.55. The summed E-state index contributed by atoms with van der Waals surface area (Å²) in [4.78, 5) is 0. The molecule has 102 valence electrons. The molecule has 1 aromatic carbocycles. The van der Waals surface area contributed by atoms with Crippen LogP contribution in [0.15, 0.2) is 18.2 Å². The highest BCUT2D eigenvalue weighted by Gasteiger charge is 2.10. The largest absolute Gasteiger partial charge is 0.316 e. The molecule has 2 N–H and O–H groups in total. The average Bonchev–Trinajstić information content (AvgIpc) is 2.29. The fourth-order valence-electron chi connectivity index (χ4n) is 1.40. The third-order valence-electron chi connectivity index (χ3n) is 2.42. The molecule has 0 fully saturated rings. The van der Waals surface area contributed by atoms with Gasteiger partial charge in [-0.1, -0.05) is 13.0 Å². The maximum absolute atomic E-state index is 13.3. The summed E-state index contributed by atoms with van der Waals surface area (Å²) in [5, 5.41) is 3.00. The lowest BCUT2D eigenvalue weighted by Crippen LogP contribution is -2.27. The van der Waals surface area contributed by atoms with Crippen LogP contribution in [0.5, 0.6) is 0 Å². The van der Waals surface area contributed by atoms with Gasteiger partial charge in [0, 0.05) is 6.54 Å². The van der Waals surface area contributed by atoms with Gasteiger partial charge in [0.15, 0.2) is 0 Å². The van der Waals surface area contributed by atoms with Gasteiger partial charge >= 0.3 is 0 Å². The highest BCUT2D eigenvalue weighted by Crippen LogP contribution is 2.14. The van der Waals surface area contributed by atoms with Gasteiger partial charge in [-0.3, -0.25) is 4.72 Å². The standard InChI is InChI=1S/C12H19FN2O2S/c1-3-6-14-7-8-18(16,17)15-11-5-4-10(2)12(13)9-11/h4-5,9,14-15H,3,6-8H2,1-2H3. The zero-order valence-corrected chi connectivity index (χ0v) is 11.5. The smallest absolute Gasteiger partial charge is 0.233 e. The molecule has 0 heterocycles. The third kappa shape index (κ3) is 5.01. The predicted octanol–water partition coefficient (Wildman–Crippen LogP) is 1.88. The van der Waals surface area contributed by atoms with Crippen molar-refractivity contribution >= 4 is 15.7 Å². The molecule has 0 saturated heterocycles. The molecule has 0 spiro atoms. The van der Waals surface area contributed by atoms with Gasteiger partial charge in [0.25, 0.3) is 0 Å². The second-order valence-corrected chi connectivity index (χ2v) is 5.98. The van der Waals surface area contributed by atoms with Gasteiger partial charge in [0.2, 0.25) is 10.0 Å². The molecule has 0 atom stereocenters. The van der Waals surface area contributed by atoms with Crippen molar-refractivity contribution < 1.29 is 12.8 Å². The lowest BCUT2D eigenvalue weighted by molar-refractivity contribution is 0.595. The lowest BCUT2D eigenvalue weighted by atomic mass is 10.2. The number of hydrogen-bond acceptors (Lipinski definition) is 3. The van der Waals surface area contributed by atoms with E-state index in [-0.39, 0.29) is 11.4 Å². The summed E-state index contributed by atoms with van der Waals surface area (Å²) in [5.41, 5.74) is 0.746. The number of rotatable bonds is 7. The molecule has 18 heavy (non-hydrogen) atoms. The molecule has 0 aliphatic heterocycles. The number of sulfonamides is 1. The van der Waals surface area contributed by atoms with Crippen molar-refractivity contribution in [2.24, 2.45) is 0 Å². The molecule has 1 rings (SSSR count). The number of hydrogen-bond donors (Lipinski definition) is 2. The van der Waals surface area contributed by atoms with Crippen molar-refractivity contribution in [3.63, 3.8) is 0 Å². The maximum Gasteiger partial charge on any atom is 0.233 e. The fourth-order valence-corrected chi connectivity index (χ4v) is 2.40. The fraction of sp³-hybridized carbons (Fsp3) is 0.500. The molecule has 0 aliphatic rings. The Bertz CT molecular complexity index is 489. The molecule has 0 aliphatic carbocycles. The van der Waals surface area contributed by atoms with E-state index in [2.05, 4.69) is 10.0 Å². The summed E-state index contributed by atoms with van der Waals surface area (Å²) in [7, 11) is -3.42. The first kappa shape index (κ1) is 14.9. The molecule has 0 amide bonds. The zero-order chi connectivity index (χ0) is 13.6. The van der Waals surface area contributed by atoms with Crippen LogP contribution in [-0.4, -0.2) is 27.3 Å². The summed E-state index contributed by atoms with van der Waals surface area (Å²) in [6.07, 6.45) is 0.955. The van der Waals surface area contributed by atoms with Gasteiger partial charge in [0.1, 0.15) is 5.82 Å². The van der Waals surface area contributed by atoms with E-state index in [0.29, 0.717) is 12.1 Å². The van der Waals surface area contributed by atoms with Gasteiger partial charge in [-0.05, 0) is 37.6 Å². The van der Waals surface area contributed by atoms with Crippen LogP contribution < -0.4 is 10.0 Å². The zero-order valence-electron chi connectivity index (χ0n) is 10.7. The minimum absolute atomic E-state index is 0.0253. The molecular formula is C12H19FN2O2S. The number of nitrogens with one attached hydrogen (secondary N) is 2. The topological polar surface area (TPSA) is 58.2 Å². The van der Waals surface area contributed by atoms with Gasteiger partial charge in [0.05, 0.1) is 11.4 Å². The van der Waals surface area contributed by atoms with Crippen molar-refractivity contribution in [3.05, 3.63) is 29.6 Å². The Morgan fingerprint density at radius 3 is 2.61 bits per heavy atom. The average molecular weight is 274 g/mol. The minimum atomic E-state index is -3.42. The van der Waals surface area contributed by atoms with E-state index in [1.807, 2.05) is 6.92 Å². The number of halogens is 1. The molecular weight excluding hydrogens is 255 g/mol. The van der Waals surface area contributed by atoms with E-state index in [1.165, 1.54) is 6.07 Å². The monoisotopic (exact) mass is 274 g/mol. The quantitative estimate of drug-likeness (QED) is 0.746. The maximum atomic E-state index is 13.3. The van der Waals surface area contributed by atoms with Gasteiger partial charge in [-0.2, -0.15) is 0 Å². The van der Waals surface area contributed by atoms with Crippen LogP contribution in [0, 0.1) is 12.7 Å². The Morgan fingerprint density at radius 1 is 1.28 bits per heavy atom. The molecule has 1 aromatic rings. The summed E-state index contributed by atoms with van der Waals surface area (Å²) >= 11 is 0. The summed E-state index contributed by atoms with van der Waals surface area (Å²) in [6, 6.07) is 4.28. The molecule has 0 radical (unpaired) electrons. The first-order valence-electron chi connectivity index (χ1n) is 5.92. The first-order valence-corrected chi connectivity index (χ1v) is 7.57. The van der Waals surface area contributed by atoms with Crippen molar-refractivity contribution in [2.75, 3.05) is 23.6 Å². The van der Waals surface area contributed by atoms with Crippen LogP contribution in [0.25, 0.3) is 0 Å². The van der Waals surface area contributed by atoms with Crippen LogP contribution in [0.3, 0.4) is 0 Å². The van der Waals surface area contributed by atoms with Crippen LogP contribution >= 0.6 is 0 Å². The van der Waals surface area contributed by atoms with Crippen LogP contribution in [0.2, 0.25) is 0 Å². The Balaban J connectivity index is 2.56. The molecule has 0 bridgehead atoms. The highest BCUT2D eigenvalue weighted by molar-refractivity contribution is 7.92. The molecule has 0 aromatic heterocycles. The van der Waals surface area contributed by atoms with Gasteiger partial charge < -0.3 is 5.32 Å². The SMILES string of the molecule is CCCNCCS(=O)(=O)Nc1ccc(C)c(F)c1. The second-order valence-electron chi connectivity index (χ2n) is 4.13. The molecule has 0 saturated carbocycles. The van der Waals surface area contributed by atoms with E-state index >= 15 is 0 Å². The van der Waals surface area contributed by atoms with E-state index in [0.717, 1.165) is 13.0 Å². The minimum Gasteiger partial charge on any atom is -0.316 e. The summed E-state index contributed by atoms with van der Waals surface area (Å²) < 4.78 is 39.0. The Labute approximate surface area is 108 Å². The molecule has 0 unspecified atom stereocenters.